The summed E-state index contributed by atoms with van der Waals surface area (Å²) in [5.41, 5.74) is 8.83. The normalized spacial score (nSPS) is 20.9. The lowest BCUT2D eigenvalue weighted by molar-refractivity contribution is 0.457. The van der Waals surface area contributed by atoms with Gasteiger partial charge in [-0.1, -0.05) is 38.1 Å². The molecule has 1 atom stereocenters. The maximum Gasteiger partial charge on any atom is 0.00201 e. The average molecular weight is 246 g/mol. The Morgan fingerprint density at radius 3 is 2.89 bits per heavy atom. The molecular formula is C16H26N2. The molecule has 0 spiro atoms. The Morgan fingerprint density at radius 1 is 1.39 bits per heavy atom. The molecule has 2 rings (SSSR count). The van der Waals surface area contributed by atoms with Crippen LogP contribution in [0, 0.1) is 0 Å². The first-order valence-electron chi connectivity index (χ1n) is 7.15. The van der Waals surface area contributed by atoms with Gasteiger partial charge in [0, 0.05) is 6.54 Å². The summed E-state index contributed by atoms with van der Waals surface area (Å²) in [5.74, 6) is 0.687. The lowest BCUT2D eigenvalue weighted by atomic mass is 9.79. The molecule has 2 nitrogen and oxygen atoms in total. The van der Waals surface area contributed by atoms with Gasteiger partial charge in [-0.15, -0.1) is 0 Å². The molecule has 0 aliphatic carbocycles. The van der Waals surface area contributed by atoms with Crippen molar-refractivity contribution in [3.63, 3.8) is 0 Å². The molecule has 2 heteroatoms. The van der Waals surface area contributed by atoms with E-state index in [1.54, 1.807) is 0 Å². The minimum atomic E-state index is 0.187. The third-order valence-corrected chi connectivity index (χ3v) is 4.21. The number of benzene rings is 1. The van der Waals surface area contributed by atoms with Crippen LogP contribution in [0.5, 0.6) is 0 Å². The van der Waals surface area contributed by atoms with Gasteiger partial charge in [-0.25, -0.2) is 0 Å². The van der Waals surface area contributed by atoms with E-state index in [1.807, 2.05) is 0 Å². The average Bonchev–Trinajstić information content (AvgIpc) is 2.40. The molecule has 1 heterocycles. The first-order valence-corrected chi connectivity index (χ1v) is 7.15. The van der Waals surface area contributed by atoms with Crippen molar-refractivity contribution in [1.82, 2.24) is 5.32 Å². The lowest BCUT2D eigenvalue weighted by Crippen LogP contribution is -2.28. The second kappa shape index (κ2) is 5.85. The predicted molar refractivity (Wildman–Crippen MR) is 78.0 cm³/mol. The van der Waals surface area contributed by atoms with E-state index < -0.39 is 0 Å². The Bertz CT molecular complexity index is 378. The van der Waals surface area contributed by atoms with Gasteiger partial charge in [0.2, 0.25) is 0 Å². The quantitative estimate of drug-likeness (QED) is 0.857. The zero-order valence-electron chi connectivity index (χ0n) is 11.7. The van der Waals surface area contributed by atoms with Crippen LogP contribution in [0.4, 0.5) is 0 Å². The summed E-state index contributed by atoms with van der Waals surface area (Å²) < 4.78 is 0. The van der Waals surface area contributed by atoms with Crippen LogP contribution in [0.1, 0.15) is 50.2 Å². The molecule has 1 aliphatic rings. The molecule has 0 bridgehead atoms. The third-order valence-electron chi connectivity index (χ3n) is 4.21. The maximum absolute atomic E-state index is 5.72. The molecule has 100 valence electrons. The van der Waals surface area contributed by atoms with Crippen molar-refractivity contribution in [1.29, 1.82) is 0 Å². The zero-order chi connectivity index (χ0) is 13.0. The molecule has 1 unspecified atom stereocenters. The molecule has 18 heavy (non-hydrogen) atoms. The minimum Gasteiger partial charge on any atom is -0.330 e. The van der Waals surface area contributed by atoms with Gasteiger partial charge in [-0.05, 0) is 54.8 Å². The van der Waals surface area contributed by atoms with Gasteiger partial charge in [0.05, 0.1) is 0 Å². The van der Waals surface area contributed by atoms with E-state index in [4.69, 9.17) is 5.73 Å². The lowest BCUT2D eigenvalue weighted by Gasteiger charge is -2.28. The number of hydrogen-bond acceptors (Lipinski definition) is 2. The smallest absolute Gasteiger partial charge is 0.00201 e. The second-order valence-corrected chi connectivity index (χ2v) is 6.09. The highest BCUT2D eigenvalue weighted by atomic mass is 14.9. The highest BCUT2D eigenvalue weighted by Crippen LogP contribution is 2.30. The molecule has 0 amide bonds. The van der Waals surface area contributed by atoms with Crippen LogP contribution >= 0.6 is 0 Å². The number of rotatable bonds is 4. The van der Waals surface area contributed by atoms with Crippen LogP contribution in [0.3, 0.4) is 0 Å². The van der Waals surface area contributed by atoms with E-state index in [9.17, 15) is 0 Å². The third kappa shape index (κ3) is 3.12. The van der Waals surface area contributed by atoms with Crippen LogP contribution in [0.2, 0.25) is 0 Å². The molecule has 1 aliphatic heterocycles. The maximum atomic E-state index is 5.72. The van der Waals surface area contributed by atoms with Crippen molar-refractivity contribution >= 4 is 0 Å². The van der Waals surface area contributed by atoms with Crippen molar-refractivity contribution in [2.75, 3.05) is 19.6 Å². The minimum absolute atomic E-state index is 0.187. The summed E-state index contributed by atoms with van der Waals surface area (Å²) in [5, 5.41) is 3.50. The fraction of sp³-hybridized carbons (Fsp3) is 0.625. The predicted octanol–water partition coefficient (Wildman–Crippen LogP) is 2.78. The number of piperidine rings is 1. The molecular weight excluding hydrogens is 220 g/mol. The van der Waals surface area contributed by atoms with E-state index in [-0.39, 0.29) is 5.41 Å². The SMILES string of the molecule is CC(C)(CCN)c1cccc(C2CCCNC2)c1. The van der Waals surface area contributed by atoms with Crippen molar-refractivity contribution < 1.29 is 0 Å². The van der Waals surface area contributed by atoms with Crippen molar-refractivity contribution in [2.45, 2.75) is 44.4 Å². The van der Waals surface area contributed by atoms with Gasteiger partial charge >= 0.3 is 0 Å². The van der Waals surface area contributed by atoms with Gasteiger partial charge in [-0.2, -0.15) is 0 Å². The summed E-state index contributed by atoms with van der Waals surface area (Å²) in [6, 6.07) is 9.12. The molecule has 0 saturated carbocycles. The molecule has 1 fully saturated rings. The van der Waals surface area contributed by atoms with E-state index in [2.05, 4.69) is 43.4 Å². The summed E-state index contributed by atoms with van der Waals surface area (Å²) in [4.78, 5) is 0. The molecule has 0 aromatic heterocycles. The Labute approximate surface area is 111 Å². The topological polar surface area (TPSA) is 38.0 Å². The van der Waals surface area contributed by atoms with Crippen LogP contribution < -0.4 is 11.1 Å². The Morgan fingerprint density at radius 2 is 2.22 bits per heavy atom. The molecule has 1 aromatic carbocycles. The largest absolute Gasteiger partial charge is 0.330 e. The molecule has 0 radical (unpaired) electrons. The first-order chi connectivity index (χ1) is 8.63. The van der Waals surface area contributed by atoms with Gasteiger partial charge in [0.25, 0.3) is 0 Å². The van der Waals surface area contributed by atoms with Gasteiger partial charge < -0.3 is 11.1 Å². The van der Waals surface area contributed by atoms with Gasteiger partial charge in [0.15, 0.2) is 0 Å². The second-order valence-electron chi connectivity index (χ2n) is 6.09. The fourth-order valence-corrected chi connectivity index (χ4v) is 2.86. The number of nitrogens with two attached hydrogens (primary N) is 1. The van der Waals surface area contributed by atoms with Crippen molar-refractivity contribution in [2.24, 2.45) is 5.73 Å². The zero-order valence-corrected chi connectivity index (χ0v) is 11.7. The summed E-state index contributed by atoms with van der Waals surface area (Å²) >= 11 is 0. The Balaban J connectivity index is 2.18. The van der Waals surface area contributed by atoms with Crippen molar-refractivity contribution in [3.05, 3.63) is 35.4 Å². The molecule has 3 N–H and O–H groups in total. The van der Waals surface area contributed by atoms with Crippen molar-refractivity contribution in [3.8, 4) is 0 Å². The summed E-state index contributed by atoms with van der Waals surface area (Å²) in [7, 11) is 0. The molecule has 1 aromatic rings. The summed E-state index contributed by atoms with van der Waals surface area (Å²) in [6.45, 7) is 7.63. The van der Waals surface area contributed by atoms with Crippen LogP contribution in [-0.2, 0) is 5.41 Å². The van der Waals surface area contributed by atoms with E-state index in [0.717, 1.165) is 19.5 Å². The van der Waals surface area contributed by atoms with Gasteiger partial charge in [-0.3, -0.25) is 0 Å². The Hall–Kier alpha value is -0.860. The highest BCUT2D eigenvalue weighted by molar-refractivity contribution is 5.31. The van der Waals surface area contributed by atoms with Crippen LogP contribution in [0.25, 0.3) is 0 Å². The monoisotopic (exact) mass is 246 g/mol. The fourth-order valence-electron chi connectivity index (χ4n) is 2.86. The molecule has 1 saturated heterocycles. The van der Waals surface area contributed by atoms with E-state index in [1.165, 1.54) is 30.5 Å². The Kier molecular flexibility index (Phi) is 4.41. The van der Waals surface area contributed by atoms with Crippen LogP contribution in [0.15, 0.2) is 24.3 Å². The standard InChI is InChI=1S/C16H26N2/c1-16(2,8-9-17)15-7-3-5-13(11-15)14-6-4-10-18-12-14/h3,5,7,11,14,18H,4,6,8-10,12,17H2,1-2H3. The van der Waals surface area contributed by atoms with E-state index in [0.29, 0.717) is 5.92 Å². The number of hydrogen-bond donors (Lipinski definition) is 2. The van der Waals surface area contributed by atoms with Crippen LogP contribution in [-0.4, -0.2) is 19.6 Å². The number of nitrogens with one attached hydrogen (secondary N) is 1. The first kappa shape index (κ1) is 13.6. The summed E-state index contributed by atoms with van der Waals surface area (Å²) in [6.07, 6.45) is 3.65. The highest BCUT2D eigenvalue weighted by Gasteiger charge is 2.21. The van der Waals surface area contributed by atoms with E-state index >= 15 is 0 Å². The van der Waals surface area contributed by atoms with Gasteiger partial charge in [0.1, 0.15) is 0 Å².